The van der Waals surface area contributed by atoms with Gasteiger partial charge in [-0.2, -0.15) is 31.3 Å². The molecule has 1 fully saturated rings. The van der Waals surface area contributed by atoms with Gasteiger partial charge in [-0.15, -0.1) is 0 Å². The van der Waals surface area contributed by atoms with Crippen molar-refractivity contribution in [2.45, 2.75) is 76.8 Å². The Morgan fingerprint density at radius 3 is 2.36 bits per heavy atom. The summed E-state index contributed by atoms with van der Waals surface area (Å²) in [4.78, 5) is 35.7. The van der Waals surface area contributed by atoms with Gasteiger partial charge in [-0.3, -0.25) is 9.59 Å². The highest BCUT2D eigenvalue weighted by Gasteiger charge is 2.41. The number of carbonyl (C=O) groups is 2. The number of ether oxygens (including phenoxy) is 1. The van der Waals surface area contributed by atoms with Crippen LogP contribution in [0.4, 0.5) is 35.1 Å². The summed E-state index contributed by atoms with van der Waals surface area (Å²) in [6.45, 7) is 0.508. The van der Waals surface area contributed by atoms with Gasteiger partial charge in [0.2, 0.25) is 11.8 Å². The van der Waals surface area contributed by atoms with Gasteiger partial charge < -0.3 is 20.4 Å². The number of hydrogen-bond donors (Lipinski definition) is 3. The molecule has 8 nitrogen and oxygen atoms in total. The molecule has 1 aliphatic carbocycles. The molecule has 2 amide bonds. The molecule has 4 rings (SSSR count). The summed E-state index contributed by atoms with van der Waals surface area (Å²) in [5, 5.41) is 5.19. The second-order valence-corrected chi connectivity index (χ2v) is 10.5. The predicted molar refractivity (Wildman–Crippen MR) is 141 cm³/mol. The van der Waals surface area contributed by atoms with Gasteiger partial charge in [-0.25, -0.2) is 13.8 Å². The SMILES string of the molecule is CCC(=O)NCc1ccc(C(F)(F)F)c(Cc2nc3nc(OCC(F)F)c(C(=O)NC4CCC(C(F)(F)F)CC4)cc3[nH]2)c1. The van der Waals surface area contributed by atoms with Crippen LogP contribution in [0.5, 0.6) is 5.88 Å². The number of aromatic amines is 1. The summed E-state index contributed by atoms with van der Waals surface area (Å²) in [7, 11) is 0. The van der Waals surface area contributed by atoms with Gasteiger partial charge in [0.25, 0.3) is 12.3 Å². The lowest BCUT2D eigenvalue weighted by molar-refractivity contribution is -0.182. The largest absolute Gasteiger partial charge is 0.471 e. The lowest BCUT2D eigenvalue weighted by Crippen LogP contribution is -2.40. The third kappa shape index (κ3) is 8.34. The predicted octanol–water partition coefficient (Wildman–Crippen LogP) is 6.09. The summed E-state index contributed by atoms with van der Waals surface area (Å²) in [6, 6.07) is 4.01. The van der Waals surface area contributed by atoms with Crippen molar-refractivity contribution < 1.29 is 49.4 Å². The molecule has 0 spiro atoms. The molecule has 44 heavy (non-hydrogen) atoms. The summed E-state index contributed by atoms with van der Waals surface area (Å²) in [5.74, 6) is -3.09. The van der Waals surface area contributed by atoms with Crippen LogP contribution >= 0.6 is 0 Å². The molecule has 240 valence electrons. The minimum Gasteiger partial charge on any atom is -0.471 e. The van der Waals surface area contributed by atoms with Gasteiger partial charge in [0.05, 0.1) is 17.0 Å². The number of pyridine rings is 1. The van der Waals surface area contributed by atoms with Crippen LogP contribution in [0.2, 0.25) is 0 Å². The van der Waals surface area contributed by atoms with Crippen LogP contribution < -0.4 is 15.4 Å². The van der Waals surface area contributed by atoms with E-state index in [-0.39, 0.29) is 79.1 Å². The van der Waals surface area contributed by atoms with Crippen LogP contribution in [0.1, 0.15) is 71.9 Å². The number of nitrogens with zero attached hydrogens (tertiary/aromatic N) is 2. The Balaban J connectivity index is 1.60. The molecule has 0 unspecified atom stereocenters. The molecule has 16 heteroatoms. The highest BCUT2D eigenvalue weighted by atomic mass is 19.4. The molecule has 3 N–H and O–H groups in total. The molecule has 1 saturated carbocycles. The van der Waals surface area contributed by atoms with Gasteiger partial charge in [0, 0.05) is 25.4 Å². The number of alkyl halides is 8. The lowest BCUT2D eigenvalue weighted by atomic mass is 9.85. The van der Waals surface area contributed by atoms with Gasteiger partial charge in [0.15, 0.2) is 12.3 Å². The number of fused-ring (bicyclic) bond motifs is 1. The van der Waals surface area contributed by atoms with Crippen molar-refractivity contribution in [3.05, 3.63) is 52.3 Å². The average Bonchev–Trinajstić information content (AvgIpc) is 3.34. The number of benzene rings is 1. The van der Waals surface area contributed by atoms with Crippen molar-refractivity contribution in [2.24, 2.45) is 5.92 Å². The average molecular weight is 636 g/mol. The maximum atomic E-state index is 13.8. The zero-order chi connectivity index (χ0) is 32.2. The number of imidazole rings is 1. The van der Waals surface area contributed by atoms with E-state index in [0.717, 1.165) is 6.07 Å². The fourth-order valence-electron chi connectivity index (χ4n) is 4.99. The molecule has 1 aromatic carbocycles. The van der Waals surface area contributed by atoms with Crippen molar-refractivity contribution in [2.75, 3.05) is 6.61 Å². The molecule has 0 aliphatic heterocycles. The fraction of sp³-hybridized carbons (Fsp3) is 0.500. The Morgan fingerprint density at radius 1 is 1.05 bits per heavy atom. The molecule has 1 aliphatic rings. The Hall–Kier alpha value is -3.98. The number of halogens is 8. The van der Waals surface area contributed by atoms with Crippen LogP contribution in [0.3, 0.4) is 0 Å². The van der Waals surface area contributed by atoms with E-state index in [1.165, 1.54) is 18.2 Å². The standard InChI is InChI=1S/C28H29F8N5O3/c1-2-23(42)37-12-14-3-8-19(28(34,35)36)15(9-14)10-22-39-20-11-18(26(41-24(20)40-22)44-13-21(29)30)25(43)38-17-6-4-16(5-7-17)27(31,32)33/h3,8-9,11,16-17,21H,2,4-7,10,12-13H2,1H3,(H,37,42)(H,38,43)(H,39,40,41). The first-order chi connectivity index (χ1) is 20.6. The topological polar surface area (TPSA) is 109 Å². The van der Waals surface area contributed by atoms with E-state index < -0.39 is 54.7 Å². The van der Waals surface area contributed by atoms with E-state index in [0.29, 0.717) is 5.56 Å². The van der Waals surface area contributed by atoms with Crippen LogP contribution in [-0.4, -0.2) is 52.0 Å². The highest BCUT2D eigenvalue weighted by Crippen LogP contribution is 2.38. The number of hydrogen-bond acceptors (Lipinski definition) is 5. The molecule has 0 atom stereocenters. The number of H-pyrrole nitrogens is 1. The number of rotatable bonds is 10. The highest BCUT2D eigenvalue weighted by molar-refractivity contribution is 5.99. The molecule has 2 aromatic heterocycles. The molecular weight excluding hydrogens is 606 g/mol. The maximum absolute atomic E-state index is 13.8. The Kier molecular flexibility index (Phi) is 9.98. The van der Waals surface area contributed by atoms with Crippen molar-refractivity contribution in [1.29, 1.82) is 0 Å². The van der Waals surface area contributed by atoms with E-state index in [1.54, 1.807) is 6.92 Å². The Morgan fingerprint density at radius 2 is 1.75 bits per heavy atom. The minimum atomic E-state index is -4.70. The zero-order valence-corrected chi connectivity index (χ0v) is 23.3. The first kappa shape index (κ1) is 32.9. The molecule has 3 aromatic rings. The molecule has 0 bridgehead atoms. The first-order valence-electron chi connectivity index (χ1n) is 13.8. The summed E-state index contributed by atoms with van der Waals surface area (Å²) < 4.78 is 111. The van der Waals surface area contributed by atoms with Crippen LogP contribution in [0.25, 0.3) is 11.2 Å². The second kappa shape index (κ2) is 13.3. The molecular formula is C28H29F8N5O3. The van der Waals surface area contributed by atoms with Crippen LogP contribution in [-0.2, 0) is 23.9 Å². The van der Waals surface area contributed by atoms with Crippen LogP contribution in [0, 0.1) is 5.92 Å². The van der Waals surface area contributed by atoms with Gasteiger partial charge in [-0.1, -0.05) is 19.1 Å². The smallest absolute Gasteiger partial charge is 0.416 e. The Labute approximate surface area is 246 Å². The maximum Gasteiger partial charge on any atom is 0.416 e. The zero-order valence-electron chi connectivity index (χ0n) is 23.3. The Bertz CT molecular complexity index is 1480. The van der Waals surface area contributed by atoms with E-state index in [2.05, 4.69) is 25.6 Å². The number of aromatic nitrogens is 3. The normalized spacial score (nSPS) is 17.6. The van der Waals surface area contributed by atoms with Gasteiger partial charge >= 0.3 is 12.4 Å². The number of amides is 2. The van der Waals surface area contributed by atoms with Crippen molar-refractivity contribution in [3.63, 3.8) is 0 Å². The quantitative estimate of drug-likeness (QED) is 0.234. The summed E-state index contributed by atoms with van der Waals surface area (Å²) in [5.41, 5.74) is -1.01. The van der Waals surface area contributed by atoms with E-state index in [1.807, 2.05) is 0 Å². The fourth-order valence-corrected chi connectivity index (χ4v) is 4.99. The summed E-state index contributed by atoms with van der Waals surface area (Å²) in [6.07, 6.45) is -12.4. The number of carbonyl (C=O) groups excluding carboxylic acids is 2. The molecule has 2 heterocycles. The van der Waals surface area contributed by atoms with Crippen molar-refractivity contribution in [3.8, 4) is 5.88 Å². The van der Waals surface area contributed by atoms with Gasteiger partial charge in [0.1, 0.15) is 11.4 Å². The molecule has 0 saturated heterocycles. The molecule has 0 radical (unpaired) electrons. The van der Waals surface area contributed by atoms with Crippen molar-refractivity contribution >= 4 is 23.0 Å². The third-order valence-corrected chi connectivity index (χ3v) is 7.25. The minimum absolute atomic E-state index is 0.000654. The van der Waals surface area contributed by atoms with Crippen LogP contribution in [0.15, 0.2) is 24.3 Å². The number of nitrogens with one attached hydrogen (secondary N) is 3. The monoisotopic (exact) mass is 635 g/mol. The van der Waals surface area contributed by atoms with Crippen molar-refractivity contribution in [1.82, 2.24) is 25.6 Å². The van der Waals surface area contributed by atoms with E-state index >= 15 is 0 Å². The summed E-state index contributed by atoms with van der Waals surface area (Å²) >= 11 is 0. The lowest BCUT2D eigenvalue weighted by Gasteiger charge is -2.30. The van der Waals surface area contributed by atoms with E-state index in [4.69, 9.17) is 4.74 Å². The third-order valence-electron chi connectivity index (χ3n) is 7.25. The van der Waals surface area contributed by atoms with E-state index in [9.17, 15) is 44.7 Å². The van der Waals surface area contributed by atoms with Gasteiger partial charge in [-0.05, 0) is 48.9 Å². The second-order valence-electron chi connectivity index (χ2n) is 10.5. The first-order valence-corrected chi connectivity index (χ1v) is 13.8.